The Labute approximate surface area is 180 Å². The van der Waals surface area contributed by atoms with Crippen molar-refractivity contribution in [3.05, 3.63) is 83.1 Å². The Hall–Kier alpha value is -4.13. The number of esters is 1. The number of rotatable bonds is 4. The maximum atomic E-state index is 12.4. The molecular weight excluding hydrogens is 394 g/mol. The SMILES string of the molecule is COC(=O)C1=NNC(=O)C1=C1C=C(C=Cc2ccc(N(C)C)cc2)c2ccccc2O1. The molecule has 0 unspecified atom stereocenters. The van der Waals surface area contributed by atoms with Crippen LogP contribution in [0.15, 0.2) is 77.1 Å². The second-order valence-corrected chi connectivity index (χ2v) is 7.15. The van der Waals surface area contributed by atoms with Gasteiger partial charge in [0, 0.05) is 25.3 Å². The molecule has 2 aromatic rings. The summed E-state index contributed by atoms with van der Waals surface area (Å²) in [5.74, 6) is -0.414. The summed E-state index contributed by atoms with van der Waals surface area (Å²) in [7, 11) is 5.22. The molecule has 0 saturated carbocycles. The van der Waals surface area contributed by atoms with Gasteiger partial charge in [-0.05, 0) is 35.4 Å². The first-order chi connectivity index (χ1) is 15.0. The van der Waals surface area contributed by atoms with E-state index >= 15 is 0 Å². The molecule has 0 atom stereocenters. The number of methoxy groups -OCH3 is 1. The summed E-state index contributed by atoms with van der Waals surface area (Å²) in [6.07, 6.45) is 5.67. The van der Waals surface area contributed by atoms with Crippen molar-refractivity contribution in [1.82, 2.24) is 5.43 Å². The van der Waals surface area contributed by atoms with Gasteiger partial charge in [0.15, 0.2) is 5.71 Å². The molecule has 0 radical (unpaired) electrons. The van der Waals surface area contributed by atoms with E-state index in [1.807, 2.05) is 79.7 Å². The van der Waals surface area contributed by atoms with Gasteiger partial charge in [-0.15, -0.1) is 0 Å². The van der Waals surface area contributed by atoms with E-state index in [2.05, 4.69) is 10.5 Å². The highest BCUT2D eigenvalue weighted by Gasteiger charge is 2.34. The van der Waals surface area contributed by atoms with Gasteiger partial charge in [0.2, 0.25) is 0 Å². The quantitative estimate of drug-likeness (QED) is 0.613. The van der Waals surface area contributed by atoms with Crippen molar-refractivity contribution in [1.29, 1.82) is 0 Å². The third kappa shape index (κ3) is 3.98. The lowest BCUT2D eigenvalue weighted by molar-refractivity contribution is -0.132. The molecule has 0 aromatic heterocycles. The maximum Gasteiger partial charge on any atom is 0.359 e. The average molecular weight is 415 g/mol. The minimum Gasteiger partial charge on any atom is -0.464 e. The molecule has 7 nitrogen and oxygen atoms in total. The smallest absolute Gasteiger partial charge is 0.359 e. The van der Waals surface area contributed by atoms with E-state index in [0.717, 1.165) is 22.4 Å². The van der Waals surface area contributed by atoms with E-state index in [1.165, 1.54) is 7.11 Å². The van der Waals surface area contributed by atoms with Crippen molar-refractivity contribution >= 4 is 34.9 Å². The number of anilines is 1. The number of para-hydroxylation sites is 1. The summed E-state index contributed by atoms with van der Waals surface area (Å²) in [5, 5.41) is 3.79. The molecule has 2 aromatic carbocycles. The zero-order chi connectivity index (χ0) is 22.0. The molecule has 156 valence electrons. The molecule has 0 aliphatic carbocycles. The van der Waals surface area contributed by atoms with Crippen LogP contribution in [0.2, 0.25) is 0 Å². The molecule has 7 heteroatoms. The van der Waals surface area contributed by atoms with Gasteiger partial charge >= 0.3 is 5.97 Å². The number of carbonyl (C=O) groups is 2. The van der Waals surface area contributed by atoms with Crippen LogP contribution in [0.25, 0.3) is 11.6 Å². The number of hydrogen-bond acceptors (Lipinski definition) is 6. The van der Waals surface area contributed by atoms with E-state index in [0.29, 0.717) is 5.75 Å². The topological polar surface area (TPSA) is 80.2 Å². The van der Waals surface area contributed by atoms with Gasteiger partial charge in [-0.25, -0.2) is 10.2 Å². The zero-order valence-corrected chi connectivity index (χ0v) is 17.4. The number of allylic oxidation sites excluding steroid dienone is 3. The van der Waals surface area contributed by atoms with E-state index in [-0.39, 0.29) is 17.0 Å². The summed E-state index contributed by atoms with van der Waals surface area (Å²) in [5.41, 5.74) is 6.09. The molecule has 0 fully saturated rings. The Morgan fingerprint density at radius 3 is 2.55 bits per heavy atom. The van der Waals surface area contributed by atoms with Gasteiger partial charge in [-0.2, -0.15) is 5.10 Å². The molecule has 2 aliphatic heterocycles. The number of benzene rings is 2. The van der Waals surface area contributed by atoms with Crippen LogP contribution in [0.4, 0.5) is 5.69 Å². The van der Waals surface area contributed by atoms with Crippen molar-refractivity contribution in [2.24, 2.45) is 5.10 Å². The van der Waals surface area contributed by atoms with Crippen molar-refractivity contribution in [2.45, 2.75) is 0 Å². The standard InChI is InChI=1S/C24H21N3O4/c1-27(2)17-12-9-15(10-13-17)8-11-16-14-20(31-19-7-5-4-6-18(16)19)21-22(24(29)30-3)25-26-23(21)28/h4-14H,1-3H3,(H,26,28). The van der Waals surface area contributed by atoms with Gasteiger partial charge in [-0.3, -0.25) is 4.79 Å². The molecule has 4 rings (SSSR count). The molecule has 1 amide bonds. The highest BCUT2D eigenvalue weighted by atomic mass is 16.5. The first-order valence-corrected chi connectivity index (χ1v) is 9.63. The minimum atomic E-state index is -0.713. The van der Waals surface area contributed by atoms with Crippen LogP contribution in [0, 0.1) is 0 Å². The van der Waals surface area contributed by atoms with E-state index in [4.69, 9.17) is 9.47 Å². The van der Waals surface area contributed by atoms with Crippen molar-refractivity contribution in [3.8, 4) is 5.75 Å². The third-order valence-corrected chi connectivity index (χ3v) is 4.93. The zero-order valence-electron chi connectivity index (χ0n) is 17.4. The van der Waals surface area contributed by atoms with Crippen molar-refractivity contribution in [2.75, 3.05) is 26.1 Å². The maximum absolute atomic E-state index is 12.4. The second-order valence-electron chi connectivity index (χ2n) is 7.15. The van der Waals surface area contributed by atoms with Crippen LogP contribution >= 0.6 is 0 Å². The largest absolute Gasteiger partial charge is 0.464 e. The van der Waals surface area contributed by atoms with Crippen LogP contribution in [-0.2, 0) is 14.3 Å². The average Bonchev–Trinajstić information content (AvgIpc) is 3.18. The lowest BCUT2D eigenvalue weighted by Crippen LogP contribution is -2.23. The van der Waals surface area contributed by atoms with E-state index in [9.17, 15) is 9.59 Å². The fraction of sp³-hybridized carbons (Fsp3) is 0.125. The predicted octanol–water partition coefficient (Wildman–Crippen LogP) is 3.15. The molecule has 0 saturated heterocycles. The number of nitrogens with one attached hydrogen (secondary N) is 1. The minimum absolute atomic E-state index is 0.0441. The van der Waals surface area contributed by atoms with Crippen LogP contribution < -0.4 is 15.1 Å². The lowest BCUT2D eigenvalue weighted by Gasteiger charge is -2.20. The summed E-state index contributed by atoms with van der Waals surface area (Å²) in [4.78, 5) is 26.5. The summed E-state index contributed by atoms with van der Waals surface area (Å²) < 4.78 is 10.7. The molecule has 2 aliphatic rings. The lowest BCUT2D eigenvalue weighted by atomic mass is 9.98. The van der Waals surface area contributed by atoms with Crippen LogP contribution in [0.1, 0.15) is 11.1 Å². The van der Waals surface area contributed by atoms with Crippen LogP contribution in [0.3, 0.4) is 0 Å². The van der Waals surface area contributed by atoms with E-state index in [1.54, 1.807) is 6.08 Å². The number of nitrogens with zero attached hydrogens (tertiary/aromatic N) is 2. The normalized spacial score (nSPS) is 17.5. The monoisotopic (exact) mass is 415 g/mol. The molecule has 0 bridgehead atoms. The van der Waals surface area contributed by atoms with E-state index < -0.39 is 11.9 Å². The number of ether oxygens (including phenoxy) is 2. The van der Waals surface area contributed by atoms with Gasteiger partial charge in [0.25, 0.3) is 5.91 Å². The number of fused-ring (bicyclic) bond motifs is 1. The summed E-state index contributed by atoms with van der Waals surface area (Å²) >= 11 is 0. The Morgan fingerprint density at radius 1 is 1.10 bits per heavy atom. The second kappa shape index (κ2) is 8.31. The van der Waals surface area contributed by atoms with Gasteiger partial charge < -0.3 is 14.4 Å². The highest BCUT2D eigenvalue weighted by Crippen LogP contribution is 2.36. The number of amides is 1. The molecular formula is C24H21N3O4. The van der Waals surface area contributed by atoms with Crippen LogP contribution in [-0.4, -0.2) is 38.8 Å². The summed E-state index contributed by atoms with van der Waals surface area (Å²) in [6, 6.07) is 15.7. The Balaban J connectivity index is 1.76. The van der Waals surface area contributed by atoms with Gasteiger partial charge in [0.1, 0.15) is 17.1 Å². The number of hydrazone groups is 1. The highest BCUT2D eigenvalue weighted by molar-refractivity contribution is 6.51. The first kappa shape index (κ1) is 20.2. The number of hydrogen-bond donors (Lipinski definition) is 1. The molecule has 31 heavy (non-hydrogen) atoms. The third-order valence-electron chi connectivity index (χ3n) is 4.93. The first-order valence-electron chi connectivity index (χ1n) is 9.63. The summed E-state index contributed by atoms with van der Waals surface area (Å²) in [6.45, 7) is 0. The van der Waals surface area contributed by atoms with Crippen molar-refractivity contribution in [3.63, 3.8) is 0 Å². The fourth-order valence-corrected chi connectivity index (χ4v) is 3.29. The van der Waals surface area contributed by atoms with Gasteiger partial charge in [-0.1, -0.05) is 42.5 Å². The molecule has 1 N–H and O–H groups in total. The Morgan fingerprint density at radius 2 is 1.84 bits per heavy atom. The van der Waals surface area contributed by atoms with Gasteiger partial charge in [0.05, 0.1) is 7.11 Å². The Kier molecular flexibility index (Phi) is 5.41. The fourth-order valence-electron chi connectivity index (χ4n) is 3.29. The number of carbonyl (C=O) groups excluding carboxylic acids is 2. The predicted molar refractivity (Wildman–Crippen MR) is 119 cm³/mol. The molecule has 2 heterocycles. The molecule has 0 spiro atoms. The van der Waals surface area contributed by atoms with Crippen molar-refractivity contribution < 1.29 is 19.1 Å². The Bertz CT molecular complexity index is 1170. The van der Waals surface area contributed by atoms with Crippen LogP contribution in [0.5, 0.6) is 5.75 Å².